The van der Waals surface area contributed by atoms with Gasteiger partial charge in [-0.25, -0.2) is 4.98 Å². The quantitative estimate of drug-likeness (QED) is 0.884. The van der Waals surface area contributed by atoms with E-state index in [1.54, 1.807) is 18.3 Å². The molecule has 0 fully saturated rings. The smallest absolute Gasteiger partial charge is 0.259 e. The van der Waals surface area contributed by atoms with Gasteiger partial charge < -0.3 is 10.1 Å². The van der Waals surface area contributed by atoms with E-state index in [0.29, 0.717) is 18.9 Å². The molecule has 2 aromatic heterocycles. The first-order valence-corrected chi connectivity index (χ1v) is 8.73. The van der Waals surface area contributed by atoms with E-state index in [2.05, 4.69) is 28.7 Å². The second kappa shape index (κ2) is 6.10. The van der Waals surface area contributed by atoms with Crippen molar-refractivity contribution in [2.75, 3.05) is 6.54 Å². The number of hydrogen-bond acceptors (Lipinski definition) is 5. The molecule has 0 radical (unpaired) electrons. The zero-order valence-corrected chi connectivity index (χ0v) is 14.2. The standard InChI is InChI=1S/C16H23N3O2S/c1-9(2)19(7-10(3)20)8-13-17-15(21)14-11-5-4-6-12(11)22-16(14)18-13/h9-10,20H,4-8H2,1-3H3,(H,17,18,21). The number of fused-ring (bicyclic) bond motifs is 3. The first kappa shape index (κ1) is 15.6. The second-order valence-corrected chi connectivity index (χ2v) is 7.51. The molecule has 3 rings (SSSR count). The number of H-pyrrole nitrogens is 1. The second-order valence-electron chi connectivity index (χ2n) is 6.42. The van der Waals surface area contributed by atoms with Crippen molar-refractivity contribution >= 4 is 21.6 Å². The van der Waals surface area contributed by atoms with Crippen LogP contribution in [0.2, 0.25) is 0 Å². The van der Waals surface area contributed by atoms with Gasteiger partial charge in [0.1, 0.15) is 10.7 Å². The number of aromatic nitrogens is 2. The highest BCUT2D eigenvalue weighted by Gasteiger charge is 2.22. The Bertz CT molecular complexity index is 733. The van der Waals surface area contributed by atoms with Gasteiger partial charge in [-0.15, -0.1) is 11.3 Å². The van der Waals surface area contributed by atoms with E-state index in [-0.39, 0.29) is 11.6 Å². The van der Waals surface area contributed by atoms with Crippen LogP contribution in [-0.2, 0) is 19.4 Å². The number of hydrogen-bond donors (Lipinski definition) is 2. The maximum Gasteiger partial charge on any atom is 0.259 e. The largest absolute Gasteiger partial charge is 0.392 e. The molecule has 2 heterocycles. The lowest BCUT2D eigenvalue weighted by Crippen LogP contribution is -2.37. The lowest BCUT2D eigenvalue weighted by atomic mass is 10.2. The Balaban J connectivity index is 1.93. The van der Waals surface area contributed by atoms with Crippen molar-refractivity contribution in [1.29, 1.82) is 0 Å². The van der Waals surface area contributed by atoms with Crippen LogP contribution in [0.15, 0.2) is 4.79 Å². The molecule has 1 unspecified atom stereocenters. The van der Waals surface area contributed by atoms with Crippen LogP contribution in [-0.4, -0.2) is 38.7 Å². The van der Waals surface area contributed by atoms with Crippen LogP contribution >= 0.6 is 11.3 Å². The molecule has 2 N–H and O–H groups in total. The predicted octanol–water partition coefficient (Wildman–Crippen LogP) is 2.06. The summed E-state index contributed by atoms with van der Waals surface area (Å²) in [5, 5.41) is 10.4. The summed E-state index contributed by atoms with van der Waals surface area (Å²) in [6.07, 6.45) is 2.82. The zero-order chi connectivity index (χ0) is 15.9. The lowest BCUT2D eigenvalue weighted by molar-refractivity contribution is 0.101. The number of aryl methyl sites for hydroxylation is 2. The van der Waals surface area contributed by atoms with Crippen molar-refractivity contribution in [2.45, 2.75) is 58.7 Å². The number of aromatic amines is 1. The molecule has 0 spiro atoms. The fraction of sp³-hybridized carbons (Fsp3) is 0.625. The van der Waals surface area contributed by atoms with Gasteiger partial charge in [-0.05, 0) is 45.6 Å². The van der Waals surface area contributed by atoms with Crippen molar-refractivity contribution in [2.24, 2.45) is 0 Å². The molecule has 1 aliphatic rings. The monoisotopic (exact) mass is 321 g/mol. The molecule has 0 saturated heterocycles. The van der Waals surface area contributed by atoms with Crippen molar-refractivity contribution in [3.8, 4) is 0 Å². The fourth-order valence-corrected chi connectivity index (χ4v) is 4.39. The third-order valence-electron chi connectivity index (χ3n) is 4.21. The molecule has 0 bridgehead atoms. The molecule has 0 amide bonds. The molecule has 1 atom stereocenters. The molecule has 0 aliphatic heterocycles. The van der Waals surface area contributed by atoms with Gasteiger partial charge >= 0.3 is 0 Å². The molecule has 2 aromatic rings. The Hall–Kier alpha value is -1.24. The topological polar surface area (TPSA) is 69.2 Å². The van der Waals surface area contributed by atoms with Crippen molar-refractivity contribution in [3.63, 3.8) is 0 Å². The van der Waals surface area contributed by atoms with Crippen LogP contribution in [0, 0.1) is 0 Å². The van der Waals surface area contributed by atoms with Gasteiger partial charge in [0.15, 0.2) is 0 Å². The summed E-state index contributed by atoms with van der Waals surface area (Å²) in [4.78, 5) is 24.4. The number of nitrogens with zero attached hydrogens (tertiary/aromatic N) is 2. The Morgan fingerprint density at radius 3 is 2.82 bits per heavy atom. The molecular weight excluding hydrogens is 298 g/mol. The van der Waals surface area contributed by atoms with Gasteiger partial charge in [0.2, 0.25) is 0 Å². The van der Waals surface area contributed by atoms with E-state index >= 15 is 0 Å². The minimum Gasteiger partial charge on any atom is -0.392 e. The van der Waals surface area contributed by atoms with Crippen LogP contribution in [0.3, 0.4) is 0 Å². The third-order valence-corrected chi connectivity index (χ3v) is 5.39. The third kappa shape index (κ3) is 2.95. The van der Waals surface area contributed by atoms with E-state index in [9.17, 15) is 9.90 Å². The number of nitrogens with one attached hydrogen (secondary N) is 1. The first-order chi connectivity index (χ1) is 10.5. The summed E-state index contributed by atoms with van der Waals surface area (Å²) in [6, 6.07) is 0.281. The Labute approximate surface area is 134 Å². The molecule has 6 heteroatoms. The van der Waals surface area contributed by atoms with Gasteiger partial charge in [0.05, 0.1) is 18.0 Å². The zero-order valence-electron chi connectivity index (χ0n) is 13.3. The van der Waals surface area contributed by atoms with Crippen LogP contribution in [0.1, 0.15) is 43.5 Å². The summed E-state index contributed by atoms with van der Waals surface area (Å²) < 4.78 is 0. The molecule has 1 aliphatic carbocycles. The van der Waals surface area contributed by atoms with Crippen molar-refractivity contribution in [1.82, 2.24) is 14.9 Å². The Morgan fingerprint density at radius 1 is 1.36 bits per heavy atom. The van der Waals surface area contributed by atoms with Crippen LogP contribution in [0.25, 0.3) is 10.2 Å². The van der Waals surface area contributed by atoms with E-state index in [4.69, 9.17) is 0 Å². The number of rotatable bonds is 5. The lowest BCUT2D eigenvalue weighted by Gasteiger charge is -2.26. The van der Waals surface area contributed by atoms with Gasteiger partial charge in [-0.2, -0.15) is 0 Å². The maximum absolute atomic E-state index is 12.4. The first-order valence-electron chi connectivity index (χ1n) is 7.91. The van der Waals surface area contributed by atoms with Crippen molar-refractivity contribution < 1.29 is 5.11 Å². The van der Waals surface area contributed by atoms with Gasteiger partial charge in [-0.1, -0.05) is 0 Å². The van der Waals surface area contributed by atoms with E-state index in [1.165, 1.54) is 10.4 Å². The molecular formula is C16H23N3O2S. The average Bonchev–Trinajstić information content (AvgIpc) is 2.96. The highest BCUT2D eigenvalue weighted by molar-refractivity contribution is 7.18. The number of thiophene rings is 1. The van der Waals surface area contributed by atoms with Crippen LogP contribution in [0.4, 0.5) is 0 Å². The SMILES string of the molecule is CC(O)CN(Cc1nc2sc3c(c2c(=O)[nH]1)CCC3)C(C)C. The molecule has 0 aromatic carbocycles. The Kier molecular flexibility index (Phi) is 4.34. The van der Waals surface area contributed by atoms with Gasteiger partial charge in [0.25, 0.3) is 5.56 Å². The maximum atomic E-state index is 12.4. The molecule has 120 valence electrons. The summed E-state index contributed by atoms with van der Waals surface area (Å²) >= 11 is 1.67. The van der Waals surface area contributed by atoms with E-state index in [0.717, 1.165) is 29.5 Å². The number of aliphatic hydroxyl groups is 1. The van der Waals surface area contributed by atoms with Gasteiger partial charge in [-0.3, -0.25) is 9.69 Å². The highest BCUT2D eigenvalue weighted by atomic mass is 32.1. The molecule has 0 saturated carbocycles. The van der Waals surface area contributed by atoms with Crippen LogP contribution < -0.4 is 5.56 Å². The normalized spacial score (nSPS) is 15.9. The predicted molar refractivity (Wildman–Crippen MR) is 89.5 cm³/mol. The van der Waals surface area contributed by atoms with Crippen molar-refractivity contribution in [3.05, 3.63) is 26.6 Å². The van der Waals surface area contributed by atoms with Gasteiger partial charge in [0, 0.05) is 17.5 Å². The molecule has 22 heavy (non-hydrogen) atoms. The fourth-order valence-electron chi connectivity index (χ4n) is 3.11. The Morgan fingerprint density at radius 2 is 2.14 bits per heavy atom. The summed E-state index contributed by atoms with van der Waals surface area (Å²) in [6.45, 7) is 7.06. The summed E-state index contributed by atoms with van der Waals surface area (Å²) in [7, 11) is 0. The molecule has 5 nitrogen and oxygen atoms in total. The minimum absolute atomic E-state index is 0.0137. The van der Waals surface area contributed by atoms with E-state index < -0.39 is 6.10 Å². The highest BCUT2D eigenvalue weighted by Crippen LogP contribution is 2.34. The summed E-state index contributed by atoms with van der Waals surface area (Å²) in [5.74, 6) is 0.687. The van der Waals surface area contributed by atoms with E-state index in [1.807, 2.05) is 0 Å². The average molecular weight is 321 g/mol. The summed E-state index contributed by atoms with van der Waals surface area (Å²) in [5.41, 5.74) is 1.20. The minimum atomic E-state index is -0.400. The van der Waals surface area contributed by atoms with Crippen LogP contribution in [0.5, 0.6) is 0 Å². The number of aliphatic hydroxyl groups excluding tert-OH is 1.